The molecule has 2 fully saturated rings. The molecule has 176 valence electrons. The topological polar surface area (TPSA) is 93.6 Å². The van der Waals surface area contributed by atoms with E-state index in [9.17, 15) is 18.0 Å². The average Bonchev–Trinajstić information content (AvgIpc) is 3.17. The second-order valence-corrected chi connectivity index (χ2v) is 11.2. The molecule has 1 amide bonds. The first-order valence-electron chi connectivity index (χ1n) is 11.6. The van der Waals surface area contributed by atoms with Gasteiger partial charge in [-0.15, -0.1) is 0 Å². The van der Waals surface area contributed by atoms with Crippen LogP contribution in [0.15, 0.2) is 42.5 Å². The number of pyridine rings is 1. The highest BCUT2D eigenvalue weighted by Gasteiger charge is 2.38. The minimum atomic E-state index is -3.13. The van der Waals surface area contributed by atoms with Crippen molar-refractivity contribution in [3.63, 3.8) is 0 Å². The van der Waals surface area contributed by atoms with Crippen molar-refractivity contribution in [2.45, 2.75) is 57.5 Å². The van der Waals surface area contributed by atoms with E-state index in [1.807, 2.05) is 30.3 Å². The van der Waals surface area contributed by atoms with Gasteiger partial charge in [-0.2, -0.15) is 0 Å². The van der Waals surface area contributed by atoms with E-state index in [-0.39, 0.29) is 29.5 Å². The lowest BCUT2D eigenvalue weighted by Crippen LogP contribution is -2.50. The number of benzene rings is 1. The van der Waals surface area contributed by atoms with Crippen LogP contribution in [0.2, 0.25) is 0 Å². The van der Waals surface area contributed by atoms with Gasteiger partial charge in [0.15, 0.2) is 16.4 Å². The maximum atomic E-state index is 13.1. The van der Waals surface area contributed by atoms with Crippen LogP contribution < -0.4 is 0 Å². The molecule has 0 radical (unpaired) electrons. The summed E-state index contributed by atoms with van der Waals surface area (Å²) in [5.74, 6) is -0.820. The minimum Gasteiger partial charge on any atom is -0.452 e. The monoisotopic (exact) mass is 470 g/mol. The lowest BCUT2D eigenvalue weighted by Gasteiger charge is -2.38. The van der Waals surface area contributed by atoms with Gasteiger partial charge in [0.05, 0.1) is 28.5 Å². The molecule has 2 aromatic rings. The molecule has 0 bridgehead atoms. The van der Waals surface area contributed by atoms with Crippen molar-refractivity contribution in [3.05, 3.63) is 53.7 Å². The number of ether oxygens (including phenoxy) is 1. The molecule has 1 aromatic heterocycles. The first-order chi connectivity index (χ1) is 15.8. The van der Waals surface area contributed by atoms with E-state index >= 15 is 0 Å². The SMILES string of the molecule is Cc1nc(-c2ccccc2)ccc1C(=O)OCC(=O)N(C1CCCCC1)C1CCS(=O)(=O)C1. The molecule has 1 aliphatic carbocycles. The third-order valence-corrected chi connectivity index (χ3v) is 8.31. The summed E-state index contributed by atoms with van der Waals surface area (Å²) in [7, 11) is -3.13. The van der Waals surface area contributed by atoms with Gasteiger partial charge in [-0.25, -0.2) is 13.2 Å². The van der Waals surface area contributed by atoms with Crippen LogP contribution in [0.1, 0.15) is 54.6 Å². The zero-order chi connectivity index (χ0) is 23.4. The van der Waals surface area contributed by atoms with Crippen LogP contribution in [0.5, 0.6) is 0 Å². The first kappa shape index (κ1) is 23.4. The summed E-state index contributed by atoms with van der Waals surface area (Å²) >= 11 is 0. The van der Waals surface area contributed by atoms with Crippen molar-refractivity contribution < 1.29 is 22.7 Å². The number of esters is 1. The van der Waals surface area contributed by atoms with Gasteiger partial charge in [0.25, 0.3) is 5.91 Å². The lowest BCUT2D eigenvalue weighted by atomic mass is 9.93. The molecule has 2 heterocycles. The van der Waals surface area contributed by atoms with E-state index in [1.54, 1.807) is 24.0 Å². The zero-order valence-corrected chi connectivity index (χ0v) is 19.7. The normalized spacial score (nSPS) is 20.3. The molecule has 8 heteroatoms. The van der Waals surface area contributed by atoms with E-state index in [0.29, 0.717) is 17.7 Å². The number of hydrogen-bond donors (Lipinski definition) is 0. The van der Waals surface area contributed by atoms with Crippen molar-refractivity contribution in [2.24, 2.45) is 0 Å². The van der Waals surface area contributed by atoms with Crippen molar-refractivity contribution in [1.29, 1.82) is 0 Å². The predicted octanol–water partition coefficient (Wildman–Crippen LogP) is 3.56. The zero-order valence-electron chi connectivity index (χ0n) is 18.9. The minimum absolute atomic E-state index is 0.00678. The number of hydrogen-bond acceptors (Lipinski definition) is 6. The predicted molar refractivity (Wildman–Crippen MR) is 125 cm³/mol. The third kappa shape index (κ3) is 5.61. The Bertz CT molecular complexity index is 1110. The number of nitrogens with zero attached hydrogens (tertiary/aromatic N) is 2. The summed E-state index contributed by atoms with van der Waals surface area (Å²) < 4.78 is 29.5. The van der Waals surface area contributed by atoms with E-state index in [0.717, 1.165) is 43.4 Å². The van der Waals surface area contributed by atoms with Crippen molar-refractivity contribution in [2.75, 3.05) is 18.1 Å². The summed E-state index contributed by atoms with van der Waals surface area (Å²) in [6.07, 6.45) is 5.34. The fourth-order valence-electron chi connectivity index (χ4n) is 4.89. The molecule has 1 unspecified atom stereocenters. The molecule has 1 saturated carbocycles. The lowest BCUT2D eigenvalue weighted by molar-refractivity contribution is -0.140. The Labute approximate surface area is 195 Å². The highest BCUT2D eigenvalue weighted by molar-refractivity contribution is 7.91. The fourth-order valence-corrected chi connectivity index (χ4v) is 6.60. The Balaban J connectivity index is 1.44. The number of aromatic nitrogens is 1. The van der Waals surface area contributed by atoms with Crippen LogP contribution in [-0.4, -0.2) is 60.4 Å². The second-order valence-electron chi connectivity index (χ2n) is 8.92. The standard InChI is InChI=1S/C25H30N2O5S/c1-18-22(12-13-23(26-18)19-8-4-2-5-9-19)25(29)32-16-24(28)27(20-10-6-3-7-11-20)21-14-15-33(30,31)17-21/h2,4-5,8-9,12-13,20-21H,3,6-7,10-11,14-17H2,1H3. The van der Waals surface area contributed by atoms with Gasteiger partial charge in [0.1, 0.15) is 0 Å². The quantitative estimate of drug-likeness (QED) is 0.599. The van der Waals surface area contributed by atoms with E-state index in [4.69, 9.17) is 4.74 Å². The fraction of sp³-hybridized carbons (Fsp3) is 0.480. The summed E-state index contributed by atoms with van der Waals surface area (Å²) in [6, 6.07) is 12.8. The van der Waals surface area contributed by atoms with Gasteiger partial charge >= 0.3 is 5.97 Å². The molecule has 1 saturated heterocycles. The molecule has 1 atom stereocenters. The highest BCUT2D eigenvalue weighted by Crippen LogP contribution is 2.28. The summed E-state index contributed by atoms with van der Waals surface area (Å²) in [5, 5.41) is 0. The Hall–Kier alpha value is -2.74. The Kier molecular flexibility index (Phi) is 7.12. The van der Waals surface area contributed by atoms with E-state index < -0.39 is 22.4 Å². The van der Waals surface area contributed by atoms with Gasteiger partial charge in [-0.1, -0.05) is 49.6 Å². The van der Waals surface area contributed by atoms with Crippen molar-refractivity contribution in [1.82, 2.24) is 9.88 Å². The summed E-state index contributed by atoms with van der Waals surface area (Å²) in [5.41, 5.74) is 2.55. The van der Waals surface area contributed by atoms with Crippen LogP contribution in [0.25, 0.3) is 11.3 Å². The molecule has 33 heavy (non-hydrogen) atoms. The summed E-state index contributed by atoms with van der Waals surface area (Å²) in [4.78, 5) is 32.1. The Morgan fingerprint density at radius 2 is 1.73 bits per heavy atom. The van der Waals surface area contributed by atoms with Gasteiger partial charge < -0.3 is 9.64 Å². The van der Waals surface area contributed by atoms with Gasteiger partial charge in [-0.05, 0) is 38.3 Å². The van der Waals surface area contributed by atoms with Gasteiger partial charge in [-0.3, -0.25) is 9.78 Å². The molecule has 2 aliphatic rings. The van der Waals surface area contributed by atoms with Gasteiger partial charge in [0, 0.05) is 17.6 Å². The van der Waals surface area contributed by atoms with Crippen LogP contribution in [0.3, 0.4) is 0 Å². The number of sulfone groups is 1. The molecular formula is C25H30N2O5S. The highest BCUT2D eigenvalue weighted by atomic mass is 32.2. The maximum absolute atomic E-state index is 13.1. The average molecular weight is 471 g/mol. The van der Waals surface area contributed by atoms with Crippen LogP contribution in [0.4, 0.5) is 0 Å². The Morgan fingerprint density at radius 3 is 2.36 bits per heavy atom. The molecule has 1 aromatic carbocycles. The van der Waals surface area contributed by atoms with Crippen molar-refractivity contribution >= 4 is 21.7 Å². The molecule has 7 nitrogen and oxygen atoms in total. The number of carbonyl (C=O) groups is 2. The van der Waals surface area contributed by atoms with Crippen molar-refractivity contribution in [3.8, 4) is 11.3 Å². The number of amides is 1. The van der Waals surface area contributed by atoms with Crippen LogP contribution in [-0.2, 0) is 19.4 Å². The van der Waals surface area contributed by atoms with Crippen LogP contribution in [0, 0.1) is 6.92 Å². The van der Waals surface area contributed by atoms with E-state index in [1.165, 1.54) is 0 Å². The molecular weight excluding hydrogens is 440 g/mol. The van der Waals surface area contributed by atoms with E-state index in [2.05, 4.69) is 4.98 Å². The second kappa shape index (κ2) is 10.0. The number of aryl methyl sites for hydroxylation is 1. The largest absolute Gasteiger partial charge is 0.452 e. The Morgan fingerprint density at radius 1 is 1.00 bits per heavy atom. The van der Waals surface area contributed by atoms with Gasteiger partial charge in [0.2, 0.25) is 0 Å². The molecule has 1 aliphatic heterocycles. The number of rotatable bonds is 6. The third-order valence-electron chi connectivity index (χ3n) is 6.56. The number of carbonyl (C=O) groups excluding carboxylic acids is 2. The molecule has 0 spiro atoms. The molecule has 0 N–H and O–H groups in total. The first-order valence-corrected chi connectivity index (χ1v) is 13.4. The molecule has 4 rings (SSSR count). The summed E-state index contributed by atoms with van der Waals surface area (Å²) in [6.45, 7) is 1.34. The maximum Gasteiger partial charge on any atom is 0.340 e. The smallest absolute Gasteiger partial charge is 0.340 e. The van der Waals surface area contributed by atoms with Crippen LogP contribution >= 0.6 is 0 Å².